The normalized spacial score (nSPS) is 10.6. The number of amides is 1. The van der Waals surface area contributed by atoms with E-state index < -0.39 is 0 Å². The Kier molecular flexibility index (Phi) is 5.85. The first-order valence-corrected chi connectivity index (χ1v) is 9.11. The number of carbonyl (C=O) groups excluding carboxylic acids is 1. The number of aromatic nitrogens is 3. The van der Waals surface area contributed by atoms with Crippen LogP contribution in [-0.2, 0) is 18.3 Å². The number of nitrogens with one attached hydrogen (secondary N) is 1. The van der Waals surface area contributed by atoms with Crippen LogP contribution in [0.4, 0.5) is 0 Å². The van der Waals surface area contributed by atoms with Crippen molar-refractivity contribution in [1.82, 2.24) is 20.1 Å². The molecule has 0 aliphatic rings. The third kappa shape index (κ3) is 4.70. The number of rotatable bonds is 7. The highest BCUT2D eigenvalue weighted by atomic mass is 32.2. The highest BCUT2D eigenvalue weighted by Crippen LogP contribution is 2.22. The molecule has 1 heterocycles. The van der Waals surface area contributed by atoms with Gasteiger partial charge in [-0.05, 0) is 12.0 Å². The molecule has 3 aromatic rings. The van der Waals surface area contributed by atoms with Gasteiger partial charge in [-0.2, -0.15) is 0 Å². The molecule has 0 atom stereocenters. The van der Waals surface area contributed by atoms with Crippen LogP contribution in [0.2, 0.25) is 0 Å². The molecule has 3 rings (SSSR count). The number of thioether (sulfide) groups is 1. The minimum atomic E-state index is 0.00481. The monoisotopic (exact) mass is 352 g/mol. The average molecular weight is 352 g/mol. The molecule has 2 aromatic carbocycles. The third-order valence-electron chi connectivity index (χ3n) is 3.78. The second-order valence-electron chi connectivity index (χ2n) is 5.61. The van der Waals surface area contributed by atoms with Gasteiger partial charge in [-0.25, -0.2) is 0 Å². The Balaban J connectivity index is 1.48. The van der Waals surface area contributed by atoms with Gasteiger partial charge in [0, 0.05) is 19.2 Å². The molecule has 1 aromatic heterocycles. The Morgan fingerprint density at radius 2 is 1.72 bits per heavy atom. The Bertz CT molecular complexity index is 818. The van der Waals surface area contributed by atoms with E-state index in [1.165, 1.54) is 17.3 Å². The van der Waals surface area contributed by atoms with E-state index in [1.54, 1.807) is 0 Å². The number of carbonyl (C=O) groups is 1. The smallest absolute Gasteiger partial charge is 0.230 e. The second kappa shape index (κ2) is 8.48. The molecule has 0 saturated carbocycles. The zero-order valence-electron chi connectivity index (χ0n) is 14.1. The summed E-state index contributed by atoms with van der Waals surface area (Å²) in [7, 11) is 1.91. The zero-order chi connectivity index (χ0) is 17.5. The van der Waals surface area contributed by atoms with E-state index in [2.05, 4.69) is 27.6 Å². The molecule has 1 N–H and O–H groups in total. The average Bonchev–Trinajstić information content (AvgIpc) is 3.02. The van der Waals surface area contributed by atoms with Crippen molar-refractivity contribution in [1.29, 1.82) is 0 Å². The maximum Gasteiger partial charge on any atom is 0.230 e. The first-order valence-electron chi connectivity index (χ1n) is 8.12. The standard InChI is InChI=1S/C19H20N4OS/c1-23-18(16-10-6-3-7-11-16)21-22-19(23)25-14-17(24)20-13-12-15-8-4-2-5-9-15/h2-11H,12-14H2,1H3,(H,20,24). The quantitative estimate of drug-likeness (QED) is 0.664. The molecule has 0 saturated heterocycles. The highest BCUT2D eigenvalue weighted by Gasteiger charge is 2.12. The van der Waals surface area contributed by atoms with Crippen LogP contribution in [0.15, 0.2) is 65.8 Å². The molecule has 1 amide bonds. The van der Waals surface area contributed by atoms with Gasteiger partial charge in [0.25, 0.3) is 0 Å². The van der Waals surface area contributed by atoms with E-state index in [1.807, 2.05) is 60.1 Å². The van der Waals surface area contributed by atoms with Gasteiger partial charge in [-0.1, -0.05) is 72.4 Å². The van der Waals surface area contributed by atoms with Gasteiger partial charge in [0.15, 0.2) is 11.0 Å². The number of hydrogen-bond donors (Lipinski definition) is 1. The molecule has 6 heteroatoms. The van der Waals surface area contributed by atoms with Crippen molar-refractivity contribution in [3.8, 4) is 11.4 Å². The van der Waals surface area contributed by atoms with Crippen LogP contribution in [-0.4, -0.2) is 33.0 Å². The first kappa shape index (κ1) is 17.2. The van der Waals surface area contributed by atoms with Crippen molar-refractivity contribution in [2.75, 3.05) is 12.3 Å². The largest absolute Gasteiger partial charge is 0.355 e. The Morgan fingerprint density at radius 3 is 2.44 bits per heavy atom. The maximum atomic E-state index is 12.0. The predicted molar refractivity (Wildman–Crippen MR) is 100 cm³/mol. The summed E-state index contributed by atoms with van der Waals surface area (Å²) in [5, 5.41) is 12.1. The van der Waals surface area contributed by atoms with Crippen LogP contribution >= 0.6 is 11.8 Å². The van der Waals surface area contributed by atoms with Crippen molar-refractivity contribution in [3.63, 3.8) is 0 Å². The minimum absolute atomic E-state index is 0.00481. The number of nitrogens with zero attached hydrogens (tertiary/aromatic N) is 3. The van der Waals surface area contributed by atoms with Gasteiger partial charge >= 0.3 is 0 Å². The van der Waals surface area contributed by atoms with Crippen molar-refractivity contribution in [3.05, 3.63) is 66.2 Å². The van der Waals surface area contributed by atoms with Gasteiger partial charge in [0.05, 0.1) is 5.75 Å². The molecule has 0 aliphatic heterocycles. The van der Waals surface area contributed by atoms with Gasteiger partial charge in [0.2, 0.25) is 5.91 Å². The summed E-state index contributed by atoms with van der Waals surface area (Å²) in [6.45, 7) is 0.636. The third-order valence-corrected chi connectivity index (χ3v) is 4.80. The van der Waals surface area contributed by atoms with Crippen LogP contribution in [0.1, 0.15) is 5.56 Å². The summed E-state index contributed by atoms with van der Waals surface area (Å²) >= 11 is 1.39. The SMILES string of the molecule is Cn1c(SCC(=O)NCCc2ccccc2)nnc1-c1ccccc1. The van der Waals surface area contributed by atoms with Gasteiger partial charge in [-0.15, -0.1) is 10.2 Å². The lowest BCUT2D eigenvalue weighted by atomic mass is 10.1. The Hall–Kier alpha value is -2.60. The van der Waals surface area contributed by atoms with E-state index in [4.69, 9.17) is 0 Å². The van der Waals surface area contributed by atoms with E-state index in [0.717, 1.165) is 23.0 Å². The van der Waals surface area contributed by atoms with Crippen molar-refractivity contribution < 1.29 is 4.79 Å². The fourth-order valence-corrected chi connectivity index (χ4v) is 3.19. The zero-order valence-corrected chi connectivity index (χ0v) is 14.9. The summed E-state index contributed by atoms with van der Waals surface area (Å²) in [6.07, 6.45) is 0.833. The summed E-state index contributed by atoms with van der Waals surface area (Å²) in [5.74, 6) is 1.13. The lowest BCUT2D eigenvalue weighted by Crippen LogP contribution is -2.27. The van der Waals surface area contributed by atoms with E-state index in [-0.39, 0.29) is 5.91 Å². The predicted octanol–water partition coefficient (Wildman–Crippen LogP) is 2.93. The molecule has 0 aliphatic carbocycles. The maximum absolute atomic E-state index is 12.0. The lowest BCUT2D eigenvalue weighted by Gasteiger charge is -2.06. The molecule has 5 nitrogen and oxygen atoms in total. The van der Waals surface area contributed by atoms with Crippen LogP contribution in [0, 0.1) is 0 Å². The molecular weight excluding hydrogens is 332 g/mol. The Morgan fingerprint density at radius 1 is 1.04 bits per heavy atom. The molecule has 25 heavy (non-hydrogen) atoms. The second-order valence-corrected chi connectivity index (χ2v) is 6.55. The summed E-state index contributed by atoms with van der Waals surface area (Å²) < 4.78 is 1.91. The number of benzene rings is 2. The molecule has 128 valence electrons. The van der Waals surface area contributed by atoms with Crippen LogP contribution in [0.5, 0.6) is 0 Å². The van der Waals surface area contributed by atoms with Crippen LogP contribution < -0.4 is 5.32 Å². The van der Waals surface area contributed by atoms with Gasteiger partial charge < -0.3 is 9.88 Å². The summed E-state index contributed by atoms with van der Waals surface area (Å²) in [6, 6.07) is 20.0. The van der Waals surface area contributed by atoms with Crippen molar-refractivity contribution in [2.24, 2.45) is 7.05 Å². The molecule has 0 unspecified atom stereocenters. The molecule has 0 radical (unpaired) electrons. The van der Waals surface area contributed by atoms with E-state index >= 15 is 0 Å². The van der Waals surface area contributed by atoms with Crippen molar-refractivity contribution in [2.45, 2.75) is 11.6 Å². The highest BCUT2D eigenvalue weighted by molar-refractivity contribution is 7.99. The van der Waals surface area contributed by atoms with Gasteiger partial charge in [0.1, 0.15) is 0 Å². The van der Waals surface area contributed by atoms with Gasteiger partial charge in [-0.3, -0.25) is 4.79 Å². The summed E-state index contributed by atoms with van der Waals surface area (Å²) in [5.41, 5.74) is 2.23. The van der Waals surface area contributed by atoms with Crippen LogP contribution in [0.25, 0.3) is 11.4 Å². The molecule has 0 bridgehead atoms. The van der Waals surface area contributed by atoms with E-state index in [0.29, 0.717) is 12.3 Å². The van der Waals surface area contributed by atoms with Crippen molar-refractivity contribution >= 4 is 17.7 Å². The topological polar surface area (TPSA) is 59.8 Å². The minimum Gasteiger partial charge on any atom is -0.355 e. The Labute approximate surface area is 151 Å². The van der Waals surface area contributed by atoms with Crippen LogP contribution in [0.3, 0.4) is 0 Å². The number of hydrogen-bond acceptors (Lipinski definition) is 4. The lowest BCUT2D eigenvalue weighted by molar-refractivity contribution is -0.118. The molecular formula is C19H20N4OS. The fraction of sp³-hybridized carbons (Fsp3) is 0.211. The van der Waals surface area contributed by atoms with E-state index in [9.17, 15) is 4.79 Å². The fourth-order valence-electron chi connectivity index (χ4n) is 2.45. The molecule has 0 spiro atoms. The first-order chi connectivity index (χ1) is 12.2. The molecule has 0 fully saturated rings. The summed E-state index contributed by atoms with van der Waals surface area (Å²) in [4.78, 5) is 12.0.